The summed E-state index contributed by atoms with van der Waals surface area (Å²) in [7, 11) is 0. The third kappa shape index (κ3) is 3.50. The molecule has 4 heteroatoms. The van der Waals surface area contributed by atoms with Gasteiger partial charge < -0.3 is 4.74 Å². The summed E-state index contributed by atoms with van der Waals surface area (Å²) in [6, 6.07) is 17.4. The Kier molecular flexibility index (Phi) is 4.89. The lowest BCUT2D eigenvalue weighted by Crippen LogP contribution is -2.41. The second kappa shape index (κ2) is 7.29. The predicted molar refractivity (Wildman–Crippen MR) is 100 cm³/mol. The fourth-order valence-corrected chi connectivity index (χ4v) is 5.13. The van der Waals surface area contributed by atoms with E-state index >= 15 is 0 Å². The zero-order valence-corrected chi connectivity index (χ0v) is 15.3. The molecule has 0 bridgehead atoms. The maximum Gasteiger partial charge on any atom is 0.0917 e. The molecule has 1 aromatic carbocycles. The van der Waals surface area contributed by atoms with Gasteiger partial charge in [-0.3, -0.25) is 4.90 Å². The Morgan fingerprint density at radius 3 is 2.64 bits per heavy atom. The third-order valence-corrected chi connectivity index (χ3v) is 6.72. The number of nitrogens with zero attached hydrogens (tertiary/aromatic N) is 2. The van der Waals surface area contributed by atoms with Crippen LogP contribution in [0, 0.1) is 11.3 Å². The zero-order chi connectivity index (χ0) is 17.1. The highest BCUT2D eigenvalue weighted by molar-refractivity contribution is 7.12. The molecule has 2 aromatic rings. The number of piperidine rings is 1. The van der Waals surface area contributed by atoms with Crippen molar-refractivity contribution in [1.29, 1.82) is 5.26 Å². The van der Waals surface area contributed by atoms with Gasteiger partial charge in [-0.25, -0.2) is 0 Å². The molecular weight excluding hydrogens is 328 g/mol. The van der Waals surface area contributed by atoms with Crippen LogP contribution >= 0.6 is 11.3 Å². The minimum absolute atomic E-state index is 0.309. The number of likely N-dealkylation sites (tertiary alicyclic amines) is 1. The van der Waals surface area contributed by atoms with E-state index in [-0.39, 0.29) is 5.41 Å². The van der Waals surface area contributed by atoms with E-state index in [1.165, 1.54) is 21.7 Å². The molecule has 1 aromatic heterocycles. The molecule has 2 fully saturated rings. The Balaban J connectivity index is 1.38. The van der Waals surface area contributed by atoms with Gasteiger partial charge in [-0.2, -0.15) is 5.26 Å². The Labute approximate surface area is 153 Å². The lowest BCUT2D eigenvalue weighted by atomic mass is 9.74. The largest absolute Gasteiger partial charge is 0.373 e. The van der Waals surface area contributed by atoms with Crippen molar-refractivity contribution in [2.75, 3.05) is 19.7 Å². The van der Waals surface area contributed by atoms with Gasteiger partial charge in [0.2, 0.25) is 0 Å². The Hall–Kier alpha value is -1.67. The number of ether oxygens (including phenoxy) is 1. The highest BCUT2D eigenvalue weighted by atomic mass is 32.1. The van der Waals surface area contributed by atoms with E-state index in [0.29, 0.717) is 6.10 Å². The number of hydrogen-bond donors (Lipinski definition) is 0. The van der Waals surface area contributed by atoms with E-state index in [9.17, 15) is 5.26 Å². The number of thiophene rings is 1. The maximum absolute atomic E-state index is 9.82. The second-order valence-electron chi connectivity index (χ2n) is 7.14. The van der Waals surface area contributed by atoms with Gasteiger partial charge in [0.25, 0.3) is 0 Å². The van der Waals surface area contributed by atoms with Crippen molar-refractivity contribution in [3.63, 3.8) is 0 Å². The predicted octanol–water partition coefficient (Wildman–Crippen LogP) is 4.66. The molecule has 0 radical (unpaired) electrons. The monoisotopic (exact) mass is 352 g/mol. The van der Waals surface area contributed by atoms with Crippen LogP contribution in [0.3, 0.4) is 0 Å². The van der Waals surface area contributed by atoms with Crippen molar-refractivity contribution in [3.8, 4) is 6.07 Å². The quantitative estimate of drug-likeness (QED) is 0.803. The van der Waals surface area contributed by atoms with E-state index in [1.54, 1.807) is 0 Å². The summed E-state index contributed by atoms with van der Waals surface area (Å²) in [6.45, 7) is 3.86. The molecule has 0 amide bonds. The van der Waals surface area contributed by atoms with E-state index < -0.39 is 0 Å². The summed E-state index contributed by atoms with van der Waals surface area (Å²) in [5.41, 5.74) is 0.865. The summed E-state index contributed by atoms with van der Waals surface area (Å²) >= 11 is 1.89. The molecule has 2 aliphatic rings. The highest BCUT2D eigenvalue weighted by Crippen LogP contribution is 2.37. The van der Waals surface area contributed by atoms with Crippen LogP contribution in [0.4, 0.5) is 0 Å². The van der Waals surface area contributed by atoms with Crippen LogP contribution in [0.5, 0.6) is 0 Å². The second-order valence-corrected chi connectivity index (χ2v) is 8.34. The smallest absolute Gasteiger partial charge is 0.0917 e. The molecule has 0 spiro atoms. The lowest BCUT2D eigenvalue weighted by Gasteiger charge is -2.37. The van der Waals surface area contributed by atoms with Gasteiger partial charge in [0.15, 0.2) is 0 Å². The minimum Gasteiger partial charge on any atom is -0.373 e. The van der Waals surface area contributed by atoms with Crippen LogP contribution in [0.15, 0.2) is 42.5 Å². The number of benzene rings is 1. The minimum atomic E-state index is -0.309. The maximum atomic E-state index is 9.82. The first kappa shape index (κ1) is 16.8. The lowest BCUT2D eigenvalue weighted by molar-refractivity contribution is 0.114. The van der Waals surface area contributed by atoms with E-state index in [1.807, 2.05) is 29.5 Å². The first-order valence-corrected chi connectivity index (χ1v) is 10.0. The SMILES string of the molecule is N#CC1(c2ccccc2)CCN(Cc2ccc([C@@H]3CCCO3)s2)CC1. The van der Waals surface area contributed by atoms with Crippen LogP contribution in [-0.4, -0.2) is 24.6 Å². The molecule has 3 heterocycles. The van der Waals surface area contributed by atoms with Gasteiger partial charge in [0.1, 0.15) is 0 Å². The molecule has 0 aliphatic carbocycles. The van der Waals surface area contributed by atoms with Gasteiger partial charge in [-0.15, -0.1) is 11.3 Å². The summed E-state index contributed by atoms with van der Waals surface area (Å²) in [5, 5.41) is 9.82. The number of rotatable bonds is 4. The van der Waals surface area contributed by atoms with Crippen molar-refractivity contribution in [2.45, 2.75) is 43.7 Å². The average molecular weight is 353 g/mol. The first-order chi connectivity index (χ1) is 12.3. The normalized spacial score (nSPS) is 23.4. The molecule has 4 rings (SSSR count). The van der Waals surface area contributed by atoms with Gasteiger partial charge in [-0.05, 0) is 43.4 Å². The Morgan fingerprint density at radius 1 is 1.16 bits per heavy atom. The van der Waals surface area contributed by atoms with Gasteiger partial charge >= 0.3 is 0 Å². The van der Waals surface area contributed by atoms with Crippen molar-refractivity contribution in [2.24, 2.45) is 0 Å². The summed E-state index contributed by atoms with van der Waals surface area (Å²) < 4.78 is 5.79. The van der Waals surface area contributed by atoms with Crippen molar-refractivity contribution < 1.29 is 4.74 Å². The van der Waals surface area contributed by atoms with Crippen LogP contribution in [0.25, 0.3) is 0 Å². The van der Waals surface area contributed by atoms with Crippen LogP contribution < -0.4 is 0 Å². The molecule has 130 valence electrons. The molecule has 0 unspecified atom stereocenters. The standard InChI is InChI=1S/C21H24N2OS/c22-16-21(17-5-2-1-3-6-17)10-12-23(13-11-21)15-18-8-9-20(25-18)19-7-4-14-24-19/h1-3,5-6,8-9,19H,4,7,10-15H2/t19-/m0/s1. The third-order valence-electron chi connectivity index (χ3n) is 5.56. The van der Waals surface area contributed by atoms with Crippen LogP contribution in [-0.2, 0) is 16.7 Å². The molecule has 0 saturated carbocycles. The summed E-state index contributed by atoms with van der Waals surface area (Å²) in [5.74, 6) is 0. The molecular formula is C21H24N2OS. The number of hydrogen-bond acceptors (Lipinski definition) is 4. The fraction of sp³-hybridized carbons (Fsp3) is 0.476. The summed E-state index contributed by atoms with van der Waals surface area (Å²) in [6.07, 6.45) is 4.49. The number of nitriles is 1. The molecule has 2 saturated heterocycles. The van der Waals surface area contributed by atoms with Crippen molar-refractivity contribution >= 4 is 11.3 Å². The van der Waals surface area contributed by atoms with Crippen LogP contribution in [0.1, 0.15) is 47.1 Å². The van der Waals surface area contributed by atoms with E-state index in [0.717, 1.165) is 45.5 Å². The van der Waals surface area contributed by atoms with Gasteiger partial charge in [0, 0.05) is 36.0 Å². The fourth-order valence-electron chi connectivity index (χ4n) is 3.99. The first-order valence-electron chi connectivity index (χ1n) is 9.18. The average Bonchev–Trinajstić information content (AvgIpc) is 3.35. The van der Waals surface area contributed by atoms with Gasteiger partial charge in [0.05, 0.1) is 17.6 Å². The van der Waals surface area contributed by atoms with Crippen molar-refractivity contribution in [3.05, 3.63) is 57.8 Å². The Morgan fingerprint density at radius 2 is 1.96 bits per heavy atom. The van der Waals surface area contributed by atoms with Crippen LogP contribution in [0.2, 0.25) is 0 Å². The molecule has 3 nitrogen and oxygen atoms in total. The van der Waals surface area contributed by atoms with Gasteiger partial charge in [-0.1, -0.05) is 30.3 Å². The summed E-state index contributed by atoms with van der Waals surface area (Å²) in [4.78, 5) is 5.28. The zero-order valence-electron chi connectivity index (χ0n) is 14.5. The topological polar surface area (TPSA) is 36.3 Å². The van der Waals surface area contributed by atoms with E-state index in [2.05, 4.69) is 35.2 Å². The molecule has 1 atom stereocenters. The van der Waals surface area contributed by atoms with Crippen molar-refractivity contribution in [1.82, 2.24) is 4.90 Å². The highest BCUT2D eigenvalue weighted by Gasteiger charge is 2.36. The molecule has 25 heavy (non-hydrogen) atoms. The molecule has 0 N–H and O–H groups in total. The Bertz CT molecular complexity index is 735. The molecule has 2 aliphatic heterocycles. The van der Waals surface area contributed by atoms with E-state index in [4.69, 9.17) is 4.74 Å².